The van der Waals surface area contributed by atoms with Crippen molar-refractivity contribution in [1.29, 1.82) is 0 Å². The number of halogens is 2. The lowest BCUT2D eigenvalue weighted by molar-refractivity contribution is 0.365. The number of hydrogen-bond acceptors (Lipinski definition) is 6. The molecule has 0 aliphatic carbocycles. The molecule has 3 aromatic heterocycles. The third-order valence-electron chi connectivity index (χ3n) is 5.43. The Morgan fingerprint density at radius 2 is 2.03 bits per heavy atom. The van der Waals surface area contributed by atoms with Gasteiger partial charge in [0, 0.05) is 23.7 Å². The summed E-state index contributed by atoms with van der Waals surface area (Å²) < 4.78 is 35.5. The molecule has 2 N–H and O–H groups in total. The van der Waals surface area contributed by atoms with Crippen LogP contribution in [0.15, 0.2) is 41.3 Å². The maximum atomic E-state index is 14.6. The summed E-state index contributed by atoms with van der Waals surface area (Å²) in [7, 11) is 1.48. The van der Waals surface area contributed by atoms with E-state index in [-0.39, 0.29) is 29.6 Å². The van der Waals surface area contributed by atoms with E-state index in [1.165, 1.54) is 17.9 Å². The number of rotatable bonds is 5. The van der Waals surface area contributed by atoms with E-state index in [2.05, 4.69) is 25.3 Å². The molecule has 0 saturated carbocycles. The number of methoxy groups -OCH3 is 1. The summed E-state index contributed by atoms with van der Waals surface area (Å²) in [6.07, 6.45) is 1.56. The Balaban J connectivity index is 1.46. The van der Waals surface area contributed by atoms with Crippen LogP contribution >= 0.6 is 0 Å². The molecule has 1 aliphatic heterocycles. The number of anilines is 1. The van der Waals surface area contributed by atoms with E-state index >= 15 is 0 Å². The number of hydrogen-bond donors (Lipinski definition) is 2. The van der Waals surface area contributed by atoms with Gasteiger partial charge in [0.25, 0.3) is 5.56 Å². The quantitative estimate of drug-likeness (QED) is 0.494. The van der Waals surface area contributed by atoms with Gasteiger partial charge in [0.1, 0.15) is 11.5 Å². The van der Waals surface area contributed by atoms with Gasteiger partial charge < -0.3 is 14.7 Å². The summed E-state index contributed by atoms with van der Waals surface area (Å²) >= 11 is 0. The number of ether oxygens (including phenoxy) is 1. The van der Waals surface area contributed by atoms with Crippen LogP contribution in [0.1, 0.15) is 16.8 Å². The number of benzene rings is 1. The van der Waals surface area contributed by atoms with Gasteiger partial charge in [-0.1, -0.05) is 18.2 Å². The molecule has 32 heavy (non-hydrogen) atoms. The molecule has 11 heteroatoms. The molecular weight excluding hydrogens is 420 g/mol. The van der Waals surface area contributed by atoms with Crippen molar-refractivity contribution in [2.45, 2.75) is 19.5 Å². The topological polar surface area (TPSA) is 105 Å². The molecule has 4 aromatic rings. The Morgan fingerprint density at radius 3 is 2.84 bits per heavy atom. The molecular formula is C21H19F2N7O2. The molecule has 164 valence electrons. The standard InChI is InChI=1S/C21H19F2N7O2/c1-32-18-8-16(28-30(18)10-12-4-2-3-5-14(12)22)19-24-9-15(23)20(25-19)29-7-6-13-17(11-29)26-27-21(13)31/h2-5,8-9H,6-7,10-11H2,1H3,(H2,26,27,31). The molecule has 0 spiro atoms. The summed E-state index contributed by atoms with van der Waals surface area (Å²) in [6, 6.07) is 8.02. The van der Waals surface area contributed by atoms with Crippen LogP contribution < -0.4 is 15.2 Å². The minimum Gasteiger partial charge on any atom is -0.481 e. The van der Waals surface area contributed by atoms with E-state index in [9.17, 15) is 13.6 Å². The fourth-order valence-electron chi connectivity index (χ4n) is 3.79. The predicted molar refractivity (Wildman–Crippen MR) is 111 cm³/mol. The van der Waals surface area contributed by atoms with E-state index in [4.69, 9.17) is 4.74 Å². The Bertz CT molecular complexity index is 1340. The van der Waals surface area contributed by atoms with Gasteiger partial charge in [0.05, 0.1) is 32.1 Å². The van der Waals surface area contributed by atoms with Gasteiger partial charge in [-0.2, -0.15) is 5.10 Å². The van der Waals surface area contributed by atoms with Gasteiger partial charge in [-0.3, -0.25) is 9.89 Å². The van der Waals surface area contributed by atoms with Crippen molar-refractivity contribution in [3.05, 3.63) is 75.3 Å². The van der Waals surface area contributed by atoms with Crippen LogP contribution in [0.2, 0.25) is 0 Å². The van der Waals surface area contributed by atoms with Crippen LogP contribution in [-0.2, 0) is 19.5 Å². The zero-order chi connectivity index (χ0) is 22.2. The first-order chi connectivity index (χ1) is 15.5. The second-order valence-corrected chi connectivity index (χ2v) is 7.39. The largest absolute Gasteiger partial charge is 0.481 e. The van der Waals surface area contributed by atoms with Crippen LogP contribution in [0.4, 0.5) is 14.6 Å². The van der Waals surface area contributed by atoms with E-state index in [0.717, 1.165) is 6.20 Å². The monoisotopic (exact) mass is 439 g/mol. The number of H-pyrrole nitrogens is 2. The van der Waals surface area contributed by atoms with Crippen LogP contribution in [-0.4, -0.2) is 43.6 Å². The fraction of sp³-hybridized carbons (Fsp3) is 0.238. The Labute approximate surface area is 180 Å². The van der Waals surface area contributed by atoms with E-state index < -0.39 is 5.82 Å². The molecule has 0 bridgehead atoms. The Morgan fingerprint density at radius 1 is 1.19 bits per heavy atom. The van der Waals surface area contributed by atoms with E-state index in [1.807, 2.05) is 0 Å². The Kier molecular flexibility index (Phi) is 4.92. The van der Waals surface area contributed by atoms with Crippen molar-refractivity contribution >= 4 is 5.82 Å². The number of aromatic nitrogens is 6. The van der Waals surface area contributed by atoms with Gasteiger partial charge in [-0.05, 0) is 12.5 Å². The van der Waals surface area contributed by atoms with Gasteiger partial charge in [0.15, 0.2) is 17.5 Å². The maximum Gasteiger partial charge on any atom is 0.267 e. The van der Waals surface area contributed by atoms with Crippen molar-refractivity contribution in [2.24, 2.45) is 0 Å². The molecule has 0 unspecified atom stereocenters. The van der Waals surface area contributed by atoms with Gasteiger partial charge in [-0.25, -0.2) is 23.4 Å². The zero-order valence-electron chi connectivity index (χ0n) is 17.1. The summed E-state index contributed by atoms with van der Waals surface area (Å²) in [5.74, 6) is -0.206. The number of nitrogens with zero attached hydrogens (tertiary/aromatic N) is 5. The second-order valence-electron chi connectivity index (χ2n) is 7.39. The highest BCUT2D eigenvalue weighted by Crippen LogP contribution is 2.27. The van der Waals surface area contributed by atoms with Crippen molar-refractivity contribution < 1.29 is 13.5 Å². The molecule has 1 aromatic carbocycles. The summed E-state index contributed by atoms with van der Waals surface area (Å²) in [4.78, 5) is 22.0. The van der Waals surface area contributed by atoms with Gasteiger partial charge >= 0.3 is 0 Å². The molecule has 4 heterocycles. The molecule has 9 nitrogen and oxygen atoms in total. The van der Waals surface area contributed by atoms with Gasteiger partial charge in [0.2, 0.25) is 5.88 Å². The smallest absolute Gasteiger partial charge is 0.267 e. The first-order valence-corrected chi connectivity index (χ1v) is 9.95. The SMILES string of the molecule is COc1cc(-c2ncc(F)c(N3CCc4c([nH][nH]c4=O)C3)n2)nn1Cc1ccccc1F. The lowest BCUT2D eigenvalue weighted by Gasteiger charge is -2.27. The van der Waals surface area contributed by atoms with Crippen molar-refractivity contribution in [2.75, 3.05) is 18.6 Å². The number of fused-ring (bicyclic) bond motifs is 1. The predicted octanol–water partition coefficient (Wildman–Crippen LogP) is 2.25. The third-order valence-corrected chi connectivity index (χ3v) is 5.43. The second kappa shape index (κ2) is 7.91. The molecule has 0 saturated heterocycles. The van der Waals surface area contributed by atoms with Crippen molar-refractivity contribution in [3.63, 3.8) is 0 Å². The number of aromatic amines is 2. The van der Waals surface area contributed by atoms with Crippen molar-refractivity contribution in [3.8, 4) is 17.4 Å². The van der Waals surface area contributed by atoms with Crippen LogP contribution in [0.5, 0.6) is 5.88 Å². The molecule has 0 amide bonds. The molecule has 1 aliphatic rings. The lowest BCUT2D eigenvalue weighted by atomic mass is 10.1. The highest BCUT2D eigenvalue weighted by molar-refractivity contribution is 5.55. The highest BCUT2D eigenvalue weighted by atomic mass is 19.1. The molecule has 5 rings (SSSR count). The molecule has 0 atom stereocenters. The van der Waals surface area contributed by atoms with Crippen molar-refractivity contribution in [1.82, 2.24) is 29.9 Å². The van der Waals surface area contributed by atoms with E-state index in [1.54, 1.807) is 29.2 Å². The molecule has 0 radical (unpaired) electrons. The van der Waals surface area contributed by atoms with Gasteiger partial charge in [-0.15, -0.1) is 0 Å². The van der Waals surface area contributed by atoms with Crippen LogP contribution in [0.25, 0.3) is 11.5 Å². The Hall–Kier alpha value is -4.02. The summed E-state index contributed by atoms with van der Waals surface area (Å²) in [5, 5.41) is 9.83. The number of nitrogens with one attached hydrogen (secondary N) is 2. The maximum absolute atomic E-state index is 14.6. The van der Waals surface area contributed by atoms with E-state index in [0.29, 0.717) is 47.9 Å². The average Bonchev–Trinajstić information content (AvgIpc) is 3.38. The highest BCUT2D eigenvalue weighted by Gasteiger charge is 2.25. The minimum absolute atomic E-state index is 0.116. The zero-order valence-corrected chi connectivity index (χ0v) is 17.1. The minimum atomic E-state index is -0.576. The average molecular weight is 439 g/mol. The molecule has 0 fully saturated rings. The summed E-state index contributed by atoms with van der Waals surface area (Å²) in [5.41, 5.74) is 2.04. The lowest BCUT2D eigenvalue weighted by Crippen LogP contribution is -2.33. The fourth-order valence-corrected chi connectivity index (χ4v) is 3.79. The van der Waals surface area contributed by atoms with Crippen LogP contribution in [0, 0.1) is 11.6 Å². The normalized spacial score (nSPS) is 13.3. The first kappa shape index (κ1) is 19.9. The third kappa shape index (κ3) is 3.51. The first-order valence-electron chi connectivity index (χ1n) is 9.95. The van der Waals surface area contributed by atoms with Crippen LogP contribution in [0.3, 0.4) is 0 Å². The summed E-state index contributed by atoms with van der Waals surface area (Å²) in [6.45, 7) is 0.901.